The Labute approximate surface area is 148 Å². The van der Waals surface area contributed by atoms with Crippen LogP contribution in [0.25, 0.3) is 11.0 Å². The van der Waals surface area contributed by atoms with Crippen LogP contribution in [0.3, 0.4) is 0 Å². The third-order valence-corrected chi connectivity index (χ3v) is 4.78. The van der Waals surface area contributed by atoms with Crippen molar-refractivity contribution < 1.29 is 9.59 Å². The average Bonchev–Trinajstić information content (AvgIpc) is 3.08. The molecule has 1 unspecified atom stereocenters. The number of hydrogen-bond donors (Lipinski definition) is 2. The summed E-state index contributed by atoms with van der Waals surface area (Å²) in [7, 11) is 0. The lowest BCUT2D eigenvalue weighted by Crippen LogP contribution is -2.23. The average molecular weight is 355 g/mol. The van der Waals surface area contributed by atoms with E-state index in [0.29, 0.717) is 16.7 Å². The van der Waals surface area contributed by atoms with E-state index in [0.717, 1.165) is 16.6 Å². The molecule has 0 radical (unpaired) electrons. The Bertz CT molecular complexity index is 1010. The van der Waals surface area contributed by atoms with E-state index in [9.17, 15) is 9.59 Å². The lowest BCUT2D eigenvalue weighted by Gasteiger charge is -2.13. The van der Waals surface area contributed by atoms with Crippen molar-refractivity contribution in [3.05, 3.63) is 53.1 Å². The number of carbonyl (C=O) groups is 2. The molecule has 0 bridgehead atoms. The highest BCUT2D eigenvalue weighted by atomic mass is 35.5. The minimum absolute atomic E-state index is 0.0190. The monoisotopic (exact) mass is 354 g/mol. The summed E-state index contributed by atoms with van der Waals surface area (Å²) in [5.41, 5.74) is 3.05. The Hall–Kier alpha value is -2.86. The largest absolute Gasteiger partial charge is 0.326 e. The number of imidazole rings is 1. The van der Waals surface area contributed by atoms with Crippen molar-refractivity contribution in [3.63, 3.8) is 0 Å². The van der Waals surface area contributed by atoms with Gasteiger partial charge in [0.2, 0.25) is 17.8 Å². The van der Waals surface area contributed by atoms with Gasteiger partial charge in [-0.05, 0) is 36.8 Å². The van der Waals surface area contributed by atoms with Crippen LogP contribution in [0.15, 0.2) is 42.5 Å². The quantitative estimate of drug-likeness (QED) is 0.755. The van der Waals surface area contributed by atoms with Crippen LogP contribution >= 0.6 is 11.6 Å². The molecule has 1 aliphatic rings. The highest BCUT2D eigenvalue weighted by Crippen LogP contribution is 2.32. The first-order valence-electron chi connectivity index (χ1n) is 7.87. The molecule has 2 aromatic carbocycles. The number of benzene rings is 2. The molecule has 0 fully saturated rings. The molecule has 2 amide bonds. The van der Waals surface area contributed by atoms with Gasteiger partial charge in [-0.15, -0.1) is 0 Å². The minimum atomic E-state index is -0.623. The normalized spacial score (nSPS) is 15.9. The smallest absolute Gasteiger partial charge is 0.250 e. The van der Waals surface area contributed by atoms with Crippen LogP contribution in [0.1, 0.15) is 18.0 Å². The number of nitrogens with one attached hydrogen (secondary N) is 2. The number of fused-ring (bicyclic) bond motifs is 3. The maximum absolute atomic E-state index is 12.5. The van der Waals surface area contributed by atoms with E-state index in [-0.39, 0.29) is 18.2 Å². The summed E-state index contributed by atoms with van der Waals surface area (Å²) in [6, 6.07) is 12.2. The maximum Gasteiger partial charge on any atom is 0.250 e. The standard InChI is InChI=1S/C18H15ClN4O2/c1-10-11(19)5-4-7-12(10)20-16(24)9-15-17(25)22-18-21-13-6-2-3-8-14(13)23(15)18/h2-8,15H,9H2,1H3,(H,20,24)(H,21,22,25). The molecular weight excluding hydrogens is 340 g/mol. The summed E-state index contributed by atoms with van der Waals surface area (Å²) in [5, 5.41) is 6.15. The molecule has 0 saturated carbocycles. The van der Waals surface area contributed by atoms with Crippen LogP contribution in [0.5, 0.6) is 0 Å². The van der Waals surface area contributed by atoms with Crippen LogP contribution < -0.4 is 10.6 Å². The molecule has 3 aromatic rings. The third kappa shape index (κ3) is 2.64. The van der Waals surface area contributed by atoms with Crippen molar-refractivity contribution in [2.45, 2.75) is 19.4 Å². The summed E-state index contributed by atoms with van der Waals surface area (Å²) in [6.07, 6.45) is 0.0190. The predicted molar refractivity (Wildman–Crippen MR) is 96.8 cm³/mol. The molecule has 1 aliphatic heterocycles. The number of amides is 2. The molecule has 126 valence electrons. The van der Waals surface area contributed by atoms with Crippen LogP contribution in [0.4, 0.5) is 11.6 Å². The number of halogens is 1. The van der Waals surface area contributed by atoms with E-state index in [2.05, 4.69) is 15.6 Å². The molecule has 0 saturated heterocycles. The second-order valence-electron chi connectivity index (χ2n) is 5.96. The molecule has 0 aliphatic carbocycles. The highest BCUT2D eigenvalue weighted by Gasteiger charge is 2.34. The first kappa shape index (κ1) is 15.7. The summed E-state index contributed by atoms with van der Waals surface area (Å²) < 4.78 is 1.78. The summed E-state index contributed by atoms with van der Waals surface area (Å²) in [6.45, 7) is 1.84. The number of carbonyl (C=O) groups excluding carboxylic acids is 2. The Balaban J connectivity index is 1.60. The lowest BCUT2D eigenvalue weighted by molar-refractivity contribution is -0.123. The van der Waals surface area contributed by atoms with Gasteiger partial charge in [0.1, 0.15) is 6.04 Å². The molecule has 2 N–H and O–H groups in total. The Kier molecular flexibility index (Phi) is 3.69. The fourth-order valence-corrected chi connectivity index (χ4v) is 3.24. The van der Waals surface area contributed by atoms with E-state index < -0.39 is 6.04 Å². The van der Waals surface area contributed by atoms with E-state index in [4.69, 9.17) is 11.6 Å². The SMILES string of the molecule is Cc1c(Cl)cccc1NC(=O)CC1C(=O)Nc2nc3ccccc3n21. The van der Waals surface area contributed by atoms with Crippen LogP contribution in [0.2, 0.25) is 5.02 Å². The van der Waals surface area contributed by atoms with Crippen molar-refractivity contribution in [1.82, 2.24) is 9.55 Å². The number of anilines is 2. The zero-order valence-corrected chi connectivity index (χ0v) is 14.2. The number of rotatable bonds is 3. The van der Waals surface area contributed by atoms with E-state index in [1.807, 2.05) is 31.2 Å². The fourth-order valence-electron chi connectivity index (χ4n) is 3.06. The second kappa shape index (κ2) is 5.89. The topological polar surface area (TPSA) is 76.0 Å². The van der Waals surface area contributed by atoms with Crippen molar-refractivity contribution >= 4 is 46.1 Å². The number of hydrogen-bond acceptors (Lipinski definition) is 3. The Morgan fingerprint density at radius 3 is 2.92 bits per heavy atom. The van der Waals surface area contributed by atoms with Gasteiger partial charge in [0, 0.05) is 10.7 Å². The summed E-state index contributed by atoms with van der Waals surface area (Å²) >= 11 is 6.08. The molecule has 0 spiro atoms. The summed E-state index contributed by atoms with van der Waals surface area (Å²) in [4.78, 5) is 29.1. The van der Waals surface area contributed by atoms with Gasteiger partial charge < -0.3 is 5.32 Å². The van der Waals surface area contributed by atoms with Crippen LogP contribution in [0, 0.1) is 6.92 Å². The highest BCUT2D eigenvalue weighted by molar-refractivity contribution is 6.31. The van der Waals surface area contributed by atoms with Crippen molar-refractivity contribution in [2.75, 3.05) is 10.6 Å². The van der Waals surface area contributed by atoms with Gasteiger partial charge >= 0.3 is 0 Å². The van der Waals surface area contributed by atoms with Crippen molar-refractivity contribution in [3.8, 4) is 0 Å². The summed E-state index contributed by atoms with van der Waals surface area (Å²) in [5.74, 6) is -0.00898. The van der Waals surface area contributed by atoms with Gasteiger partial charge in [-0.2, -0.15) is 0 Å². The van der Waals surface area contributed by atoms with Gasteiger partial charge in [0.25, 0.3) is 0 Å². The van der Waals surface area contributed by atoms with Crippen molar-refractivity contribution in [2.24, 2.45) is 0 Å². The second-order valence-corrected chi connectivity index (χ2v) is 6.37. The van der Waals surface area contributed by atoms with E-state index >= 15 is 0 Å². The molecular formula is C18H15ClN4O2. The zero-order valence-electron chi connectivity index (χ0n) is 13.4. The van der Waals surface area contributed by atoms with Crippen LogP contribution in [-0.4, -0.2) is 21.4 Å². The fraction of sp³-hybridized carbons (Fsp3) is 0.167. The molecule has 25 heavy (non-hydrogen) atoms. The molecule has 1 atom stereocenters. The first-order valence-corrected chi connectivity index (χ1v) is 8.25. The molecule has 6 nitrogen and oxygen atoms in total. The molecule has 7 heteroatoms. The predicted octanol–water partition coefficient (Wildman–Crippen LogP) is 3.52. The number of nitrogens with zero attached hydrogens (tertiary/aromatic N) is 2. The molecule has 1 aromatic heterocycles. The molecule has 4 rings (SSSR count). The van der Waals surface area contributed by atoms with E-state index in [1.165, 1.54) is 0 Å². The zero-order chi connectivity index (χ0) is 17.6. The van der Waals surface area contributed by atoms with Gasteiger partial charge in [0.05, 0.1) is 17.5 Å². The van der Waals surface area contributed by atoms with Crippen LogP contribution in [-0.2, 0) is 9.59 Å². The molecule has 2 heterocycles. The third-order valence-electron chi connectivity index (χ3n) is 4.37. The lowest BCUT2D eigenvalue weighted by atomic mass is 10.1. The van der Waals surface area contributed by atoms with Gasteiger partial charge in [-0.3, -0.25) is 19.5 Å². The minimum Gasteiger partial charge on any atom is -0.326 e. The first-order chi connectivity index (χ1) is 12.0. The van der Waals surface area contributed by atoms with E-state index in [1.54, 1.807) is 22.8 Å². The number of aromatic nitrogens is 2. The van der Waals surface area contributed by atoms with Gasteiger partial charge in [-0.25, -0.2) is 4.98 Å². The van der Waals surface area contributed by atoms with Gasteiger partial charge in [0.15, 0.2) is 0 Å². The maximum atomic E-state index is 12.5. The van der Waals surface area contributed by atoms with Gasteiger partial charge in [-0.1, -0.05) is 29.8 Å². The van der Waals surface area contributed by atoms with Crippen molar-refractivity contribution in [1.29, 1.82) is 0 Å². The Morgan fingerprint density at radius 2 is 2.08 bits per heavy atom. The number of para-hydroxylation sites is 2. The Morgan fingerprint density at radius 1 is 1.28 bits per heavy atom.